The van der Waals surface area contributed by atoms with Gasteiger partial charge in [-0.15, -0.1) is 0 Å². The molecule has 22 heteroatoms. The number of aryl methyl sites for hydroxylation is 4. The Morgan fingerprint density at radius 1 is 0.396 bits per heavy atom. The summed E-state index contributed by atoms with van der Waals surface area (Å²) in [6.07, 6.45) is 0.788. The minimum Gasteiger partial charge on any atom is -0.744 e. The van der Waals surface area contributed by atoms with Gasteiger partial charge >= 0.3 is 118 Å². The molecule has 264 valence electrons. The zero-order valence-corrected chi connectivity index (χ0v) is 43.5. The van der Waals surface area contributed by atoms with Gasteiger partial charge in [-0.2, -0.15) is 0 Å². The normalized spacial score (nSPS) is 12.0. The van der Waals surface area contributed by atoms with Crippen molar-refractivity contribution in [2.75, 3.05) is 12.3 Å². The van der Waals surface area contributed by atoms with Gasteiger partial charge in [0.1, 0.15) is 40.5 Å². The summed E-state index contributed by atoms with van der Waals surface area (Å²) in [4.78, 5) is -1.98. The Hall–Kier alpha value is 1.38. The van der Waals surface area contributed by atoms with Crippen LogP contribution < -0.4 is 139 Å². The van der Waals surface area contributed by atoms with Gasteiger partial charge in [-0.25, -0.2) is 33.7 Å². The van der Waals surface area contributed by atoms with Crippen molar-refractivity contribution in [1.82, 2.24) is 0 Å². The molecule has 0 amide bonds. The Balaban J connectivity index is 0.00000676. The first-order chi connectivity index (χ1) is 22.5. The first-order valence-electron chi connectivity index (χ1n) is 14.3. The summed E-state index contributed by atoms with van der Waals surface area (Å²) >= 11 is 0. The van der Waals surface area contributed by atoms with Crippen LogP contribution in [0.3, 0.4) is 0 Å². The van der Waals surface area contributed by atoms with Gasteiger partial charge in [-0.05, 0) is 154 Å². The number of rotatable bonds is 12. The molecule has 0 bridgehead atoms. The number of benzene rings is 4. The topological polar surface area (TPSA) is 229 Å². The van der Waals surface area contributed by atoms with E-state index >= 15 is 0 Å². The van der Waals surface area contributed by atoms with Crippen molar-refractivity contribution in [3.05, 3.63) is 95.1 Å². The Labute approximate surface area is 402 Å². The van der Waals surface area contributed by atoms with E-state index in [1.807, 2.05) is 0 Å². The number of hydrogen-bond donors (Lipinski definition) is 0. The third-order valence-corrected chi connectivity index (χ3v) is 16.9. The monoisotopic (exact) mass is 876 g/mol. The molecular formula is C31H30Na4O12P2S4. The maximum Gasteiger partial charge on any atom is 1.00 e. The molecule has 0 atom stereocenters. The fourth-order valence-electron chi connectivity index (χ4n) is 5.27. The van der Waals surface area contributed by atoms with Crippen LogP contribution in [0.1, 0.15) is 28.7 Å². The van der Waals surface area contributed by atoms with Gasteiger partial charge in [-0.3, -0.25) is 0 Å². The molecule has 0 saturated carbocycles. The van der Waals surface area contributed by atoms with Crippen LogP contribution >= 0.6 is 15.8 Å². The van der Waals surface area contributed by atoms with Gasteiger partial charge in [0.15, 0.2) is 0 Å². The summed E-state index contributed by atoms with van der Waals surface area (Å²) in [5.74, 6) is 0. The average molecular weight is 877 g/mol. The Kier molecular flexibility index (Phi) is 22.1. The van der Waals surface area contributed by atoms with E-state index in [0.29, 0.717) is 49.9 Å². The second-order valence-electron chi connectivity index (χ2n) is 11.3. The molecule has 12 nitrogen and oxygen atoms in total. The van der Waals surface area contributed by atoms with E-state index in [1.54, 1.807) is 27.7 Å². The fourth-order valence-corrected chi connectivity index (χ4v) is 13.5. The van der Waals surface area contributed by atoms with Crippen molar-refractivity contribution in [2.45, 2.75) is 53.7 Å². The first kappa shape index (κ1) is 54.4. The molecule has 0 unspecified atom stereocenters. The van der Waals surface area contributed by atoms with Gasteiger partial charge < -0.3 is 18.2 Å². The quantitative estimate of drug-likeness (QED) is 0.0735. The van der Waals surface area contributed by atoms with Gasteiger partial charge in [0.25, 0.3) is 0 Å². The summed E-state index contributed by atoms with van der Waals surface area (Å²) in [7, 11) is -22.8. The zero-order chi connectivity index (χ0) is 36.7. The molecule has 0 aliphatic heterocycles. The minimum atomic E-state index is -4.88. The van der Waals surface area contributed by atoms with Crippen molar-refractivity contribution in [1.29, 1.82) is 0 Å². The molecule has 0 saturated heterocycles. The van der Waals surface area contributed by atoms with E-state index < -0.39 is 75.9 Å². The largest absolute Gasteiger partial charge is 1.00 e. The van der Waals surface area contributed by atoms with Gasteiger partial charge in [0.05, 0.1) is 19.6 Å². The van der Waals surface area contributed by atoms with Crippen molar-refractivity contribution in [3.63, 3.8) is 0 Å². The van der Waals surface area contributed by atoms with Gasteiger partial charge in [0.2, 0.25) is 0 Å². The van der Waals surface area contributed by atoms with E-state index in [0.717, 1.165) is 0 Å². The van der Waals surface area contributed by atoms with E-state index in [4.69, 9.17) is 0 Å². The van der Waals surface area contributed by atoms with Crippen LogP contribution in [0, 0.1) is 27.7 Å². The van der Waals surface area contributed by atoms with Gasteiger partial charge in [0, 0.05) is 0 Å². The maximum atomic E-state index is 12.0. The van der Waals surface area contributed by atoms with E-state index in [9.17, 15) is 51.9 Å². The van der Waals surface area contributed by atoms with Crippen molar-refractivity contribution in [3.8, 4) is 0 Å². The predicted molar refractivity (Wildman–Crippen MR) is 183 cm³/mol. The summed E-state index contributed by atoms with van der Waals surface area (Å²) in [5.41, 5.74) is 2.40. The Bertz CT molecular complexity index is 2070. The van der Waals surface area contributed by atoms with Crippen LogP contribution in [-0.4, -0.2) is 64.2 Å². The van der Waals surface area contributed by atoms with E-state index in [-0.39, 0.29) is 131 Å². The SMILES string of the molecule is Cc1ccc(S(=O)(=O)[O-])cc1P(CCCP(c1cc(S(=O)(=O)[O-])ccc1C)c1cc(S(=O)(=O)[O-])ccc1C)c1cc(S(=O)(=O)[O-])ccc1C.[Na+].[Na+].[Na+].[Na+]. The average Bonchev–Trinajstić information content (AvgIpc) is 2.97. The minimum absolute atomic E-state index is 0. The Morgan fingerprint density at radius 2 is 0.585 bits per heavy atom. The van der Waals surface area contributed by atoms with E-state index in [2.05, 4.69) is 0 Å². The van der Waals surface area contributed by atoms with Crippen molar-refractivity contribution >= 4 is 77.5 Å². The second-order valence-corrected chi connectivity index (χ2v) is 21.3. The molecule has 53 heavy (non-hydrogen) atoms. The molecule has 0 radical (unpaired) electrons. The molecule has 0 heterocycles. The van der Waals surface area contributed by atoms with Crippen LogP contribution in [0.5, 0.6) is 0 Å². The molecule has 0 spiro atoms. The molecule has 0 aliphatic carbocycles. The molecule has 4 rings (SSSR count). The third kappa shape index (κ3) is 14.3. The molecule has 0 aromatic heterocycles. The predicted octanol–water partition coefficient (Wildman–Crippen LogP) is -9.49. The van der Waals surface area contributed by atoms with Crippen LogP contribution in [0.4, 0.5) is 0 Å². The molecule has 4 aromatic carbocycles. The van der Waals surface area contributed by atoms with Crippen molar-refractivity contribution in [2.24, 2.45) is 0 Å². The van der Waals surface area contributed by atoms with Crippen LogP contribution in [0.25, 0.3) is 0 Å². The van der Waals surface area contributed by atoms with E-state index in [1.165, 1.54) is 72.8 Å². The van der Waals surface area contributed by atoms with Crippen molar-refractivity contribution < 1.29 is 170 Å². The fraction of sp³-hybridized carbons (Fsp3) is 0.226. The maximum absolute atomic E-state index is 12.0. The number of hydrogen-bond acceptors (Lipinski definition) is 12. The third-order valence-electron chi connectivity index (χ3n) is 7.80. The zero-order valence-electron chi connectivity index (χ0n) is 30.5. The molecular weight excluding hydrogens is 847 g/mol. The molecule has 4 aromatic rings. The van der Waals surface area contributed by atoms with Crippen LogP contribution in [0.2, 0.25) is 0 Å². The summed E-state index contributed by atoms with van der Waals surface area (Å²) in [6.45, 7) is 6.77. The standard InChI is InChI=1S/C31H34O12P2S4.4Na/c1-20-6-10-24(46(32,33)34)16-28(20)44(29-17-25(47(35,36)37)11-7-21(29)2)14-5-15-45(30-18-26(48(38,39)40)12-8-22(30)3)31-19-27(49(41,42)43)13-9-23(31)4;;;;/h6-13,16-19H,5,14-15H2,1-4H3,(H,32,33,34)(H,35,36,37)(H,38,39,40)(H,41,42,43);;;;/q;4*+1/p-4. The molecule has 0 N–H and O–H groups in total. The summed E-state index contributed by atoms with van der Waals surface area (Å²) in [5, 5.41) is 1.80. The molecule has 0 aliphatic rings. The first-order valence-corrected chi connectivity index (χ1v) is 23.0. The Morgan fingerprint density at radius 3 is 0.755 bits per heavy atom. The summed E-state index contributed by atoms with van der Waals surface area (Å²) < 4.78 is 144. The van der Waals surface area contributed by atoms with Crippen LogP contribution in [-0.2, 0) is 40.5 Å². The second kappa shape index (κ2) is 21.6. The molecule has 0 fully saturated rings. The smallest absolute Gasteiger partial charge is 0.744 e. The summed E-state index contributed by atoms with van der Waals surface area (Å²) in [6, 6.07) is 15.5. The van der Waals surface area contributed by atoms with Gasteiger partial charge in [-0.1, -0.05) is 24.3 Å². The van der Waals surface area contributed by atoms with Crippen LogP contribution in [0.15, 0.2) is 92.4 Å².